The van der Waals surface area contributed by atoms with E-state index >= 15 is 0 Å². The molecule has 4 nitrogen and oxygen atoms in total. The average molecular weight is 181 g/mol. The van der Waals surface area contributed by atoms with E-state index in [-0.39, 0.29) is 0 Å². The van der Waals surface area contributed by atoms with Crippen molar-refractivity contribution >= 4 is 5.69 Å². The molecule has 0 atom stereocenters. The fraction of sp³-hybridized carbons (Fsp3) is 0.444. The molecule has 72 valence electrons. The van der Waals surface area contributed by atoms with Gasteiger partial charge in [0.15, 0.2) is 0 Å². The predicted octanol–water partition coefficient (Wildman–Crippen LogP) is 0.748. The second kappa shape index (κ2) is 3.62. The summed E-state index contributed by atoms with van der Waals surface area (Å²) in [7, 11) is 1.59. The van der Waals surface area contributed by atoms with Gasteiger partial charge in [-0.05, 0) is 13.8 Å². The van der Waals surface area contributed by atoms with Crippen LogP contribution in [0.1, 0.15) is 17.0 Å². The van der Waals surface area contributed by atoms with Crippen molar-refractivity contribution in [3.63, 3.8) is 0 Å². The Morgan fingerprint density at radius 1 is 1.31 bits per heavy atom. The predicted molar refractivity (Wildman–Crippen MR) is 52.6 cm³/mol. The summed E-state index contributed by atoms with van der Waals surface area (Å²) < 4.78 is 5.18. The molecule has 4 N–H and O–H groups in total. The van der Waals surface area contributed by atoms with Crippen LogP contribution >= 0.6 is 0 Å². The fourth-order valence-electron chi connectivity index (χ4n) is 1.34. The van der Waals surface area contributed by atoms with Gasteiger partial charge in [0, 0.05) is 17.8 Å². The zero-order valence-electron chi connectivity index (χ0n) is 8.22. The quantitative estimate of drug-likeness (QED) is 0.706. The summed E-state index contributed by atoms with van der Waals surface area (Å²) in [5.74, 6) is 0.660. The molecule has 4 heteroatoms. The zero-order valence-corrected chi connectivity index (χ0v) is 8.22. The highest BCUT2D eigenvalue weighted by molar-refractivity contribution is 5.60. The van der Waals surface area contributed by atoms with Crippen LogP contribution in [0.15, 0.2) is 0 Å². The third-order valence-electron chi connectivity index (χ3n) is 2.09. The summed E-state index contributed by atoms with van der Waals surface area (Å²) >= 11 is 0. The Morgan fingerprint density at radius 3 is 2.38 bits per heavy atom. The van der Waals surface area contributed by atoms with Crippen molar-refractivity contribution in [3.05, 3.63) is 17.0 Å². The number of anilines is 1. The molecule has 0 radical (unpaired) electrons. The Bertz CT molecular complexity index is 323. The number of hydrogen-bond donors (Lipinski definition) is 2. The minimum Gasteiger partial charge on any atom is -0.494 e. The molecule has 0 aliphatic carbocycles. The van der Waals surface area contributed by atoms with E-state index in [1.165, 1.54) is 0 Å². The third-order valence-corrected chi connectivity index (χ3v) is 2.09. The van der Waals surface area contributed by atoms with Crippen LogP contribution in [-0.2, 0) is 6.54 Å². The Labute approximate surface area is 77.9 Å². The Hall–Kier alpha value is -1.29. The topological polar surface area (TPSA) is 74.2 Å². The lowest BCUT2D eigenvalue weighted by Crippen LogP contribution is -2.08. The maximum Gasteiger partial charge on any atom is 0.149 e. The van der Waals surface area contributed by atoms with Gasteiger partial charge in [-0.3, -0.25) is 4.98 Å². The monoisotopic (exact) mass is 181 g/mol. The van der Waals surface area contributed by atoms with Gasteiger partial charge in [0.25, 0.3) is 0 Å². The van der Waals surface area contributed by atoms with Crippen LogP contribution in [-0.4, -0.2) is 12.1 Å². The van der Waals surface area contributed by atoms with Gasteiger partial charge in [0.2, 0.25) is 0 Å². The first-order valence-electron chi connectivity index (χ1n) is 4.11. The maximum atomic E-state index is 5.80. The molecule has 0 bridgehead atoms. The molecule has 0 aliphatic rings. The van der Waals surface area contributed by atoms with Crippen molar-refractivity contribution in [2.45, 2.75) is 20.4 Å². The Morgan fingerprint density at radius 2 is 1.92 bits per heavy atom. The molecular weight excluding hydrogens is 166 g/mol. The molecule has 0 unspecified atom stereocenters. The molecule has 1 rings (SSSR count). The van der Waals surface area contributed by atoms with Crippen LogP contribution < -0.4 is 16.2 Å². The van der Waals surface area contributed by atoms with Gasteiger partial charge in [-0.1, -0.05) is 0 Å². The van der Waals surface area contributed by atoms with E-state index < -0.39 is 0 Å². The molecule has 0 fully saturated rings. The highest BCUT2D eigenvalue weighted by atomic mass is 16.5. The number of ether oxygens (including phenoxy) is 1. The van der Waals surface area contributed by atoms with E-state index in [4.69, 9.17) is 16.2 Å². The number of methoxy groups -OCH3 is 1. The van der Waals surface area contributed by atoms with E-state index in [0.29, 0.717) is 18.0 Å². The SMILES string of the molecule is COc1c(N)c(C)nc(C)c1CN. The standard InChI is InChI=1S/C9H15N3O/c1-5-7(4-10)9(13-3)8(11)6(2)12-5/h4,10-11H2,1-3H3. The molecule has 0 aromatic carbocycles. The van der Waals surface area contributed by atoms with Gasteiger partial charge in [-0.25, -0.2) is 0 Å². The largest absolute Gasteiger partial charge is 0.494 e. The van der Waals surface area contributed by atoms with Crippen molar-refractivity contribution in [2.75, 3.05) is 12.8 Å². The molecule has 0 saturated heterocycles. The highest BCUT2D eigenvalue weighted by Crippen LogP contribution is 2.29. The van der Waals surface area contributed by atoms with Gasteiger partial charge in [0.05, 0.1) is 18.5 Å². The van der Waals surface area contributed by atoms with Gasteiger partial charge < -0.3 is 16.2 Å². The summed E-state index contributed by atoms with van der Waals surface area (Å²) in [4.78, 5) is 4.27. The Kier molecular flexibility index (Phi) is 2.72. The smallest absolute Gasteiger partial charge is 0.149 e. The van der Waals surface area contributed by atoms with E-state index in [0.717, 1.165) is 17.0 Å². The van der Waals surface area contributed by atoms with E-state index in [1.54, 1.807) is 7.11 Å². The van der Waals surface area contributed by atoms with Crippen LogP contribution in [0.4, 0.5) is 5.69 Å². The number of nitrogen functional groups attached to an aromatic ring is 1. The number of rotatable bonds is 2. The molecule has 0 aliphatic heterocycles. The number of aryl methyl sites for hydroxylation is 2. The third kappa shape index (κ3) is 1.58. The van der Waals surface area contributed by atoms with E-state index in [9.17, 15) is 0 Å². The average Bonchev–Trinajstić information content (AvgIpc) is 2.10. The van der Waals surface area contributed by atoms with E-state index in [1.807, 2.05) is 13.8 Å². The van der Waals surface area contributed by atoms with Crippen molar-refractivity contribution in [3.8, 4) is 5.75 Å². The summed E-state index contributed by atoms with van der Waals surface area (Å²) in [5, 5.41) is 0. The first-order chi connectivity index (χ1) is 6.11. The second-order valence-electron chi connectivity index (χ2n) is 2.91. The van der Waals surface area contributed by atoms with Crippen LogP contribution in [0.3, 0.4) is 0 Å². The van der Waals surface area contributed by atoms with Crippen LogP contribution in [0.25, 0.3) is 0 Å². The van der Waals surface area contributed by atoms with Gasteiger partial charge >= 0.3 is 0 Å². The summed E-state index contributed by atoms with van der Waals surface area (Å²) in [6, 6.07) is 0. The van der Waals surface area contributed by atoms with Crippen molar-refractivity contribution < 1.29 is 4.74 Å². The molecular formula is C9H15N3O. The lowest BCUT2D eigenvalue weighted by Gasteiger charge is -2.13. The summed E-state index contributed by atoms with van der Waals surface area (Å²) in [6.07, 6.45) is 0. The molecule has 1 aromatic heterocycles. The summed E-state index contributed by atoms with van der Waals surface area (Å²) in [6.45, 7) is 4.15. The highest BCUT2D eigenvalue weighted by Gasteiger charge is 2.12. The number of pyridine rings is 1. The van der Waals surface area contributed by atoms with Crippen molar-refractivity contribution in [1.82, 2.24) is 4.98 Å². The molecule has 0 saturated carbocycles. The maximum absolute atomic E-state index is 5.80. The lowest BCUT2D eigenvalue weighted by atomic mass is 10.1. The van der Waals surface area contributed by atoms with Gasteiger partial charge in [0.1, 0.15) is 5.75 Å². The van der Waals surface area contributed by atoms with Gasteiger partial charge in [-0.2, -0.15) is 0 Å². The number of aromatic nitrogens is 1. The Balaban J connectivity index is 3.41. The molecule has 0 amide bonds. The fourth-order valence-corrected chi connectivity index (χ4v) is 1.34. The summed E-state index contributed by atoms with van der Waals surface area (Å²) in [5.41, 5.74) is 14.5. The zero-order chi connectivity index (χ0) is 10.0. The molecule has 1 heterocycles. The molecule has 1 aromatic rings. The molecule has 0 spiro atoms. The first kappa shape index (κ1) is 9.80. The van der Waals surface area contributed by atoms with Crippen LogP contribution in [0, 0.1) is 13.8 Å². The van der Waals surface area contributed by atoms with Crippen LogP contribution in [0.2, 0.25) is 0 Å². The van der Waals surface area contributed by atoms with Crippen LogP contribution in [0.5, 0.6) is 5.75 Å². The van der Waals surface area contributed by atoms with Crippen molar-refractivity contribution in [1.29, 1.82) is 0 Å². The lowest BCUT2D eigenvalue weighted by molar-refractivity contribution is 0.410. The minimum absolute atomic E-state index is 0.395. The van der Waals surface area contributed by atoms with E-state index in [2.05, 4.69) is 4.98 Å². The minimum atomic E-state index is 0.395. The molecule has 13 heavy (non-hydrogen) atoms. The van der Waals surface area contributed by atoms with Crippen molar-refractivity contribution in [2.24, 2.45) is 5.73 Å². The number of nitrogens with zero attached hydrogens (tertiary/aromatic N) is 1. The normalized spacial score (nSPS) is 10.2. The number of hydrogen-bond acceptors (Lipinski definition) is 4. The first-order valence-corrected chi connectivity index (χ1v) is 4.11. The van der Waals surface area contributed by atoms with Gasteiger partial charge in [-0.15, -0.1) is 0 Å². The number of nitrogens with two attached hydrogens (primary N) is 2. The second-order valence-corrected chi connectivity index (χ2v) is 2.91.